The average Bonchev–Trinajstić information content (AvgIpc) is 3.09. The van der Waals surface area contributed by atoms with Gasteiger partial charge in [0.1, 0.15) is 0 Å². The minimum Gasteiger partial charge on any atom is -0.352 e. The highest BCUT2D eigenvalue weighted by molar-refractivity contribution is 7.13. The van der Waals surface area contributed by atoms with Gasteiger partial charge in [0.15, 0.2) is 0 Å². The number of hydrogen-bond donors (Lipinski definition) is 1. The van der Waals surface area contributed by atoms with E-state index in [0.717, 1.165) is 16.7 Å². The van der Waals surface area contributed by atoms with E-state index in [-0.39, 0.29) is 5.91 Å². The van der Waals surface area contributed by atoms with Gasteiger partial charge in [-0.2, -0.15) is 0 Å². The molecule has 4 nitrogen and oxygen atoms in total. The number of rotatable bonds is 5. The van der Waals surface area contributed by atoms with Crippen molar-refractivity contribution >= 4 is 17.2 Å². The predicted molar refractivity (Wildman–Crippen MR) is 87.3 cm³/mol. The molecule has 0 spiro atoms. The predicted octanol–water partition coefficient (Wildman–Crippen LogP) is 3.06. The molecule has 22 heavy (non-hydrogen) atoms. The third-order valence-corrected chi connectivity index (χ3v) is 4.10. The summed E-state index contributed by atoms with van der Waals surface area (Å²) in [5.41, 5.74) is 2.98. The summed E-state index contributed by atoms with van der Waals surface area (Å²) in [6.45, 7) is 0.477. The van der Waals surface area contributed by atoms with Gasteiger partial charge < -0.3 is 5.32 Å². The maximum absolute atomic E-state index is 11.9. The van der Waals surface area contributed by atoms with Crippen molar-refractivity contribution in [2.45, 2.75) is 13.0 Å². The van der Waals surface area contributed by atoms with Gasteiger partial charge in [-0.25, -0.2) is 0 Å². The number of nitrogens with zero attached hydrogens (tertiary/aromatic N) is 2. The van der Waals surface area contributed by atoms with Crippen LogP contribution in [-0.4, -0.2) is 15.9 Å². The van der Waals surface area contributed by atoms with Crippen LogP contribution in [0.1, 0.15) is 11.1 Å². The van der Waals surface area contributed by atoms with E-state index in [0.29, 0.717) is 13.0 Å². The van der Waals surface area contributed by atoms with Crippen LogP contribution < -0.4 is 5.32 Å². The van der Waals surface area contributed by atoms with Gasteiger partial charge in [0, 0.05) is 41.8 Å². The first-order chi connectivity index (χ1) is 10.8. The first-order valence-electron chi connectivity index (χ1n) is 6.95. The first kappa shape index (κ1) is 14.4. The normalized spacial score (nSPS) is 10.4. The van der Waals surface area contributed by atoms with Crippen molar-refractivity contribution < 1.29 is 4.79 Å². The van der Waals surface area contributed by atoms with Crippen LogP contribution in [0.5, 0.6) is 0 Å². The Labute approximate surface area is 132 Å². The van der Waals surface area contributed by atoms with E-state index in [9.17, 15) is 4.79 Å². The molecule has 3 heterocycles. The zero-order valence-electron chi connectivity index (χ0n) is 11.9. The minimum absolute atomic E-state index is 0.0190. The van der Waals surface area contributed by atoms with Crippen LogP contribution in [0.25, 0.3) is 10.4 Å². The molecule has 0 saturated heterocycles. The molecule has 0 radical (unpaired) electrons. The highest BCUT2D eigenvalue weighted by Gasteiger charge is 2.05. The number of thiophene rings is 1. The number of aromatic nitrogens is 2. The molecule has 0 aliphatic rings. The lowest BCUT2D eigenvalue weighted by Gasteiger charge is -2.06. The van der Waals surface area contributed by atoms with Crippen LogP contribution in [0.2, 0.25) is 0 Å². The summed E-state index contributed by atoms with van der Waals surface area (Å²) in [7, 11) is 0. The molecule has 110 valence electrons. The molecule has 0 fully saturated rings. The number of nitrogens with one attached hydrogen (secondary N) is 1. The van der Waals surface area contributed by atoms with Crippen LogP contribution in [0.15, 0.2) is 60.5 Å². The van der Waals surface area contributed by atoms with Crippen molar-refractivity contribution in [3.05, 3.63) is 71.6 Å². The second-order valence-electron chi connectivity index (χ2n) is 4.87. The molecular formula is C17H15N3OS. The third kappa shape index (κ3) is 3.77. The zero-order valence-corrected chi connectivity index (χ0v) is 12.7. The van der Waals surface area contributed by atoms with Crippen molar-refractivity contribution in [2.24, 2.45) is 0 Å². The summed E-state index contributed by atoms with van der Waals surface area (Å²) in [4.78, 5) is 21.4. The quantitative estimate of drug-likeness (QED) is 0.788. The maximum Gasteiger partial charge on any atom is 0.224 e. The van der Waals surface area contributed by atoms with Gasteiger partial charge in [0.2, 0.25) is 5.91 Å². The molecule has 1 amide bonds. The molecule has 0 unspecified atom stereocenters. The Hall–Kier alpha value is -2.53. The van der Waals surface area contributed by atoms with Gasteiger partial charge >= 0.3 is 0 Å². The summed E-state index contributed by atoms with van der Waals surface area (Å²) in [6, 6.07) is 9.86. The second kappa shape index (κ2) is 6.95. The Bertz CT molecular complexity index is 742. The monoisotopic (exact) mass is 309 g/mol. The first-order valence-corrected chi connectivity index (χ1v) is 7.82. The Kier molecular flexibility index (Phi) is 4.56. The highest BCUT2D eigenvalue weighted by Crippen LogP contribution is 2.24. The summed E-state index contributed by atoms with van der Waals surface area (Å²) in [5, 5.41) is 4.96. The zero-order chi connectivity index (χ0) is 15.2. The van der Waals surface area contributed by atoms with Gasteiger partial charge in [-0.3, -0.25) is 14.8 Å². The Morgan fingerprint density at radius 2 is 2.00 bits per heavy atom. The van der Waals surface area contributed by atoms with E-state index >= 15 is 0 Å². The fraction of sp³-hybridized carbons (Fsp3) is 0.118. The number of amides is 1. The Balaban J connectivity index is 1.60. The lowest BCUT2D eigenvalue weighted by atomic mass is 10.1. The van der Waals surface area contributed by atoms with Crippen LogP contribution >= 0.6 is 11.3 Å². The average molecular weight is 309 g/mol. The smallest absolute Gasteiger partial charge is 0.224 e. The SMILES string of the molecule is O=C(Cc1cccnc1)NCc1cncc(-c2cccs2)c1. The molecule has 0 bridgehead atoms. The topological polar surface area (TPSA) is 54.9 Å². The van der Waals surface area contributed by atoms with E-state index in [1.54, 1.807) is 29.9 Å². The van der Waals surface area contributed by atoms with Crippen molar-refractivity contribution in [2.75, 3.05) is 0 Å². The van der Waals surface area contributed by atoms with Crippen molar-refractivity contribution in [1.82, 2.24) is 15.3 Å². The molecule has 0 atom stereocenters. The standard InChI is InChI=1S/C17H15N3OS/c21-17(8-13-3-1-5-18-9-13)20-11-14-7-15(12-19-10-14)16-4-2-6-22-16/h1-7,9-10,12H,8,11H2,(H,20,21). The fourth-order valence-electron chi connectivity index (χ4n) is 2.11. The van der Waals surface area contributed by atoms with Crippen LogP contribution in [0.3, 0.4) is 0 Å². The Morgan fingerprint density at radius 1 is 1.09 bits per heavy atom. The number of carbonyl (C=O) groups excluding carboxylic acids is 1. The summed E-state index contributed by atoms with van der Waals surface area (Å²) in [6.07, 6.45) is 7.36. The van der Waals surface area contributed by atoms with Crippen molar-refractivity contribution in [3.63, 3.8) is 0 Å². The second-order valence-corrected chi connectivity index (χ2v) is 5.82. The largest absolute Gasteiger partial charge is 0.352 e. The molecule has 3 rings (SSSR count). The van der Waals surface area contributed by atoms with Gasteiger partial charge in [-0.15, -0.1) is 11.3 Å². The van der Waals surface area contributed by atoms with Crippen LogP contribution in [0, 0.1) is 0 Å². The van der Waals surface area contributed by atoms with E-state index < -0.39 is 0 Å². The number of pyridine rings is 2. The van der Waals surface area contributed by atoms with Gasteiger partial charge in [0.05, 0.1) is 6.42 Å². The molecule has 3 aromatic heterocycles. The van der Waals surface area contributed by atoms with Crippen molar-refractivity contribution in [1.29, 1.82) is 0 Å². The summed E-state index contributed by atoms with van der Waals surface area (Å²) in [5.74, 6) is -0.0190. The van der Waals surface area contributed by atoms with E-state index in [4.69, 9.17) is 0 Å². The highest BCUT2D eigenvalue weighted by atomic mass is 32.1. The molecular weight excluding hydrogens is 294 g/mol. The molecule has 0 saturated carbocycles. The molecule has 3 aromatic rings. The summed E-state index contributed by atoms with van der Waals surface area (Å²) >= 11 is 1.68. The van der Waals surface area contributed by atoms with Crippen molar-refractivity contribution in [3.8, 4) is 10.4 Å². The molecule has 1 N–H and O–H groups in total. The number of carbonyl (C=O) groups is 1. The molecule has 0 aliphatic heterocycles. The lowest BCUT2D eigenvalue weighted by Crippen LogP contribution is -2.24. The maximum atomic E-state index is 11.9. The van der Waals surface area contributed by atoms with Gasteiger partial charge in [0.25, 0.3) is 0 Å². The van der Waals surface area contributed by atoms with E-state index in [1.165, 1.54) is 4.88 Å². The number of hydrogen-bond acceptors (Lipinski definition) is 4. The lowest BCUT2D eigenvalue weighted by molar-refractivity contribution is -0.120. The van der Waals surface area contributed by atoms with Gasteiger partial charge in [-0.05, 0) is 34.7 Å². The summed E-state index contributed by atoms with van der Waals surface area (Å²) < 4.78 is 0. The van der Waals surface area contributed by atoms with E-state index in [1.807, 2.05) is 29.8 Å². The molecule has 0 aromatic carbocycles. The Morgan fingerprint density at radius 3 is 2.77 bits per heavy atom. The molecule has 0 aliphatic carbocycles. The minimum atomic E-state index is -0.0190. The van der Waals surface area contributed by atoms with Gasteiger partial charge in [-0.1, -0.05) is 12.1 Å². The fourth-order valence-corrected chi connectivity index (χ4v) is 2.82. The molecule has 5 heteroatoms. The van der Waals surface area contributed by atoms with Crippen LogP contribution in [-0.2, 0) is 17.8 Å². The third-order valence-electron chi connectivity index (χ3n) is 3.18. The van der Waals surface area contributed by atoms with E-state index in [2.05, 4.69) is 27.4 Å². The van der Waals surface area contributed by atoms with Crippen LogP contribution in [0.4, 0.5) is 0 Å².